The molecule has 6 heteroatoms. The summed E-state index contributed by atoms with van der Waals surface area (Å²) in [6, 6.07) is 8.00. The number of amides is 1. The molecule has 0 atom stereocenters. The molecule has 1 heterocycles. The molecule has 2 rings (SSSR count). The highest BCUT2D eigenvalue weighted by Gasteiger charge is 2.23. The monoisotopic (exact) mass is 430 g/mol. The van der Waals surface area contributed by atoms with Crippen molar-refractivity contribution in [2.24, 2.45) is 0 Å². The van der Waals surface area contributed by atoms with Crippen LogP contribution in [0.5, 0.6) is 0 Å². The van der Waals surface area contributed by atoms with Crippen molar-refractivity contribution < 1.29 is 14.3 Å². The van der Waals surface area contributed by atoms with Crippen LogP contribution in [0.15, 0.2) is 29.6 Å². The van der Waals surface area contributed by atoms with Gasteiger partial charge in [0.25, 0.3) is 0 Å². The molecule has 1 N–H and O–H groups in total. The van der Waals surface area contributed by atoms with Gasteiger partial charge in [0.05, 0.1) is 13.2 Å². The van der Waals surface area contributed by atoms with Crippen molar-refractivity contribution >= 4 is 28.2 Å². The normalized spacial score (nSPS) is 11.0. The molecule has 0 aliphatic heterocycles. The van der Waals surface area contributed by atoms with Gasteiger partial charge in [0.2, 0.25) is 5.91 Å². The highest BCUT2D eigenvalue weighted by molar-refractivity contribution is 7.15. The number of carbonyl (C=O) groups excluding carboxylic acids is 2. The van der Waals surface area contributed by atoms with Crippen LogP contribution in [0, 0.1) is 6.92 Å². The molecular formula is C24H34N2O3S. The molecule has 2 aromatic rings. The molecule has 1 amide bonds. The minimum Gasteiger partial charge on any atom is -0.462 e. The fourth-order valence-electron chi connectivity index (χ4n) is 3.20. The zero-order chi connectivity index (χ0) is 21.9. The zero-order valence-electron chi connectivity index (χ0n) is 18.6. The zero-order valence-corrected chi connectivity index (χ0v) is 19.4. The predicted molar refractivity (Wildman–Crippen MR) is 125 cm³/mol. The van der Waals surface area contributed by atoms with Crippen molar-refractivity contribution in [2.45, 2.75) is 53.4 Å². The molecule has 0 fully saturated rings. The topological polar surface area (TPSA) is 58.6 Å². The van der Waals surface area contributed by atoms with Gasteiger partial charge >= 0.3 is 5.97 Å². The number of nitrogens with one attached hydrogen (secondary N) is 1. The minimum atomic E-state index is -0.404. The SMILES string of the molecule is CCCCN(CCCC)CC(=O)Nc1scc(-c2ccc(C)cc2)c1C(=O)OCC. The maximum absolute atomic E-state index is 12.8. The second kappa shape index (κ2) is 12.5. The number of rotatable bonds is 12. The summed E-state index contributed by atoms with van der Waals surface area (Å²) in [5, 5.41) is 5.44. The summed E-state index contributed by atoms with van der Waals surface area (Å²) >= 11 is 1.37. The first-order chi connectivity index (χ1) is 14.5. The number of hydrogen-bond donors (Lipinski definition) is 1. The van der Waals surface area contributed by atoms with Crippen molar-refractivity contribution in [1.29, 1.82) is 0 Å². The van der Waals surface area contributed by atoms with E-state index < -0.39 is 5.97 Å². The Labute approximate surface area is 184 Å². The second-order valence-corrected chi connectivity index (χ2v) is 8.35. The largest absolute Gasteiger partial charge is 0.462 e. The van der Waals surface area contributed by atoms with Crippen molar-refractivity contribution in [3.63, 3.8) is 0 Å². The number of nitrogens with zero attached hydrogens (tertiary/aromatic N) is 1. The predicted octanol–water partition coefficient (Wildman–Crippen LogP) is 5.74. The Morgan fingerprint density at radius 1 is 1.03 bits per heavy atom. The first kappa shape index (κ1) is 24.1. The molecule has 0 unspecified atom stereocenters. The Kier molecular flexibility index (Phi) is 10.0. The fourth-order valence-corrected chi connectivity index (χ4v) is 4.18. The van der Waals surface area contributed by atoms with E-state index in [9.17, 15) is 9.59 Å². The molecule has 30 heavy (non-hydrogen) atoms. The summed E-state index contributed by atoms with van der Waals surface area (Å²) in [5.74, 6) is -0.497. The molecule has 0 aliphatic rings. The number of anilines is 1. The summed E-state index contributed by atoms with van der Waals surface area (Å²) in [6.07, 6.45) is 4.34. The lowest BCUT2D eigenvalue weighted by Gasteiger charge is -2.21. The van der Waals surface area contributed by atoms with Crippen molar-refractivity contribution in [1.82, 2.24) is 4.90 Å². The number of ether oxygens (including phenoxy) is 1. The van der Waals surface area contributed by atoms with E-state index in [0.29, 0.717) is 17.1 Å². The lowest BCUT2D eigenvalue weighted by atomic mass is 10.0. The fraction of sp³-hybridized carbons (Fsp3) is 0.500. The molecule has 0 saturated carbocycles. The Morgan fingerprint density at radius 3 is 2.23 bits per heavy atom. The van der Waals surface area contributed by atoms with E-state index >= 15 is 0 Å². The molecular weight excluding hydrogens is 396 g/mol. The van der Waals surface area contributed by atoms with Crippen LogP contribution in [0.3, 0.4) is 0 Å². The van der Waals surface area contributed by atoms with Gasteiger partial charge in [-0.1, -0.05) is 56.5 Å². The first-order valence-corrected chi connectivity index (χ1v) is 11.8. The highest BCUT2D eigenvalue weighted by atomic mass is 32.1. The Morgan fingerprint density at radius 2 is 1.67 bits per heavy atom. The summed E-state index contributed by atoms with van der Waals surface area (Å²) in [6.45, 7) is 10.6. The molecule has 5 nitrogen and oxygen atoms in total. The van der Waals surface area contributed by atoms with Crippen molar-refractivity contribution in [3.8, 4) is 11.1 Å². The molecule has 0 radical (unpaired) electrons. The maximum Gasteiger partial charge on any atom is 0.341 e. The van der Waals surface area contributed by atoms with Crippen LogP contribution in [0.2, 0.25) is 0 Å². The van der Waals surface area contributed by atoms with Gasteiger partial charge in [0.1, 0.15) is 10.6 Å². The van der Waals surface area contributed by atoms with Gasteiger partial charge < -0.3 is 10.1 Å². The summed E-state index contributed by atoms with van der Waals surface area (Å²) in [7, 11) is 0. The Balaban J connectivity index is 2.22. The van der Waals surface area contributed by atoms with E-state index in [2.05, 4.69) is 24.1 Å². The smallest absolute Gasteiger partial charge is 0.341 e. The van der Waals surface area contributed by atoms with Crippen LogP contribution in [0.25, 0.3) is 11.1 Å². The van der Waals surface area contributed by atoms with E-state index in [1.165, 1.54) is 11.3 Å². The van der Waals surface area contributed by atoms with Crippen LogP contribution in [0.1, 0.15) is 62.4 Å². The average molecular weight is 431 g/mol. The standard InChI is InChI=1S/C24H34N2O3S/c1-5-8-14-26(15-9-6-2)16-21(27)25-23-22(24(28)29-7-3)20(17-30-23)19-12-10-18(4)11-13-19/h10-13,17H,5-9,14-16H2,1-4H3,(H,25,27). The third-order valence-corrected chi connectivity index (χ3v) is 5.80. The summed E-state index contributed by atoms with van der Waals surface area (Å²) < 4.78 is 5.29. The summed E-state index contributed by atoms with van der Waals surface area (Å²) in [4.78, 5) is 27.7. The van der Waals surface area contributed by atoms with Crippen LogP contribution in [-0.2, 0) is 9.53 Å². The van der Waals surface area contributed by atoms with Gasteiger partial charge in [-0.15, -0.1) is 11.3 Å². The Hall–Kier alpha value is -2.18. The lowest BCUT2D eigenvalue weighted by molar-refractivity contribution is -0.117. The van der Waals surface area contributed by atoms with Gasteiger partial charge in [-0.25, -0.2) is 4.79 Å². The molecule has 1 aromatic heterocycles. The van der Waals surface area contributed by atoms with Crippen LogP contribution in [0.4, 0.5) is 5.00 Å². The Bertz CT molecular complexity index is 806. The second-order valence-electron chi connectivity index (χ2n) is 7.47. The van der Waals surface area contributed by atoms with Gasteiger partial charge in [0, 0.05) is 10.9 Å². The van der Waals surface area contributed by atoms with Gasteiger partial charge in [-0.2, -0.15) is 0 Å². The third kappa shape index (κ3) is 6.96. The van der Waals surface area contributed by atoms with Crippen LogP contribution in [-0.4, -0.2) is 43.0 Å². The quantitative estimate of drug-likeness (QED) is 0.436. The van der Waals surface area contributed by atoms with Gasteiger partial charge in [-0.3, -0.25) is 9.69 Å². The highest BCUT2D eigenvalue weighted by Crippen LogP contribution is 2.36. The lowest BCUT2D eigenvalue weighted by Crippen LogP contribution is -2.34. The number of carbonyl (C=O) groups is 2. The van der Waals surface area contributed by atoms with Crippen LogP contribution < -0.4 is 5.32 Å². The summed E-state index contributed by atoms with van der Waals surface area (Å²) in [5.41, 5.74) is 3.32. The van der Waals surface area contributed by atoms with E-state index in [-0.39, 0.29) is 12.5 Å². The van der Waals surface area contributed by atoms with Gasteiger partial charge in [0.15, 0.2) is 0 Å². The number of aryl methyl sites for hydroxylation is 1. The third-order valence-electron chi connectivity index (χ3n) is 4.91. The molecule has 164 valence electrons. The van der Waals surface area contributed by atoms with Gasteiger partial charge in [-0.05, 0) is 45.3 Å². The number of esters is 1. The molecule has 0 aliphatic carbocycles. The molecule has 0 spiro atoms. The van der Waals surface area contributed by atoms with Crippen molar-refractivity contribution in [3.05, 3.63) is 40.8 Å². The molecule has 0 saturated heterocycles. The first-order valence-electron chi connectivity index (χ1n) is 10.9. The number of thiophene rings is 1. The molecule has 1 aromatic carbocycles. The molecule has 0 bridgehead atoms. The van der Waals surface area contributed by atoms with E-state index in [1.807, 2.05) is 36.6 Å². The van der Waals surface area contributed by atoms with E-state index in [4.69, 9.17) is 4.74 Å². The number of hydrogen-bond acceptors (Lipinski definition) is 5. The van der Waals surface area contributed by atoms with E-state index in [1.54, 1.807) is 6.92 Å². The van der Waals surface area contributed by atoms with Crippen LogP contribution >= 0.6 is 11.3 Å². The van der Waals surface area contributed by atoms with E-state index in [0.717, 1.165) is 55.5 Å². The van der Waals surface area contributed by atoms with Crippen molar-refractivity contribution in [2.75, 3.05) is 31.6 Å². The maximum atomic E-state index is 12.8. The number of unbranched alkanes of at least 4 members (excludes halogenated alkanes) is 2. The minimum absolute atomic E-state index is 0.0925. The average Bonchev–Trinajstić information content (AvgIpc) is 3.14. The number of benzene rings is 1.